The Morgan fingerprint density at radius 3 is 2.74 bits per heavy atom. The number of halogens is 1. The van der Waals surface area contributed by atoms with Crippen molar-refractivity contribution in [1.29, 1.82) is 0 Å². The minimum absolute atomic E-state index is 0. The van der Waals surface area contributed by atoms with E-state index in [0.29, 0.717) is 38.2 Å². The Morgan fingerprint density at radius 2 is 2.07 bits per heavy atom. The number of ether oxygens (including phenoxy) is 1. The van der Waals surface area contributed by atoms with Gasteiger partial charge >= 0.3 is 0 Å². The highest BCUT2D eigenvalue weighted by Gasteiger charge is 2.41. The number of methoxy groups -OCH3 is 1. The molecule has 1 aromatic rings. The molecule has 0 bridgehead atoms. The molecule has 152 valence electrons. The first-order valence-electron chi connectivity index (χ1n) is 9.54. The van der Waals surface area contributed by atoms with Gasteiger partial charge in [0.25, 0.3) is 0 Å². The van der Waals surface area contributed by atoms with E-state index in [-0.39, 0.29) is 36.2 Å². The number of carbonyl (C=O) groups excluding carboxylic acids is 2. The van der Waals surface area contributed by atoms with Crippen molar-refractivity contribution in [3.63, 3.8) is 0 Å². The van der Waals surface area contributed by atoms with Crippen molar-refractivity contribution in [2.75, 3.05) is 26.7 Å². The highest BCUT2D eigenvalue weighted by atomic mass is 35.5. The molecule has 2 rings (SSSR count). The van der Waals surface area contributed by atoms with E-state index in [1.165, 1.54) is 0 Å². The third kappa shape index (κ3) is 5.84. The number of benzene rings is 1. The van der Waals surface area contributed by atoms with Gasteiger partial charge in [-0.15, -0.1) is 12.4 Å². The molecule has 1 aliphatic rings. The smallest absolute Gasteiger partial charge is 0.225 e. The zero-order valence-electron chi connectivity index (χ0n) is 16.3. The number of hydrogen-bond donors (Lipinski definition) is 2. The third-order valence-corrected chi connectivity index (χ3v) is 4.93. The number of para-hydroxylation sites is 1. The van der Waals surface area contributed by atoms with Crippen LogP contribution in [0.2, 0.25) is 0 Å². The Kier molecular flexibility index (Phi) is 10.2. The van der Waals surface area contributed by atoms with E-state index in [9.17, 15) is 9.59 Å². The summed E-state index contributed by atoms with van der Waals surface area (Å²) in [6.07, 6.45) is 3.62. The van der Waals surface area contributed by atoms with E-state index in [2.05, 4.69) is 12.2 Å². The lowest BCUT2D eigenvalue weighted by Crippen LogP contribution is -2.48. The van der Waals surface area contributed by atoms with Crippen LogP contribution in [0.15, 0.2) is 24.3 Å². The Balaban J connectivity index is 0.00000364. The van der Waals surface area contributed by atoms with Crippen molar-refractivity contribution >= 4 is 24.2 Å². The lowest BCUT2D eigenvalue weighted by Gasteiger charge is -2.41. The number of unbranched alkanes of at least 4 members (excludes halogenated alkanes) is 1. The number of nitrogens with zero attached hydrogens (tertiary/aromatic N) is 1. The largest absolute Gasteiger partial charge is 0.496 e. The van der Waals surface area contributed by atoms with Crippen molar-refractivity contribution in [1.82, 2.24) is 10.2 Å². The SMILES string of the molecule is CCCCN1C(=O)CCC(C(=O)NCCCN)C1c1ccccc1OC.Cl. The topological polar surface area (TPSA) is 84.7 Å². The molecule has 3 N–H and O–H groups in total. The van der Waals surface area contributed by atoms with Crippen LogP contribution in [0, 0.1) is 5.92 Å². The standard InChI is InChI=1S/C20H31N3O3.ClH/c1-3-4-14-23-18(24)11-10-16(20(25)22-13-7-12-21)19(23)15-8-5-6-9-17(15)26-2;/h5-6,8-9,16,19H,3-4,7,10-14,21H2,1-2H3,(H,22,25);1H. The fourth-order valence-corrected chi connectivity index (χ4v) is 3.56. The molecule has 2 amide bonds. The van der Waals surface area contributed by atoms with Gasteiger partial charge in [-0.1, -0.05) is 31.5 Å². The van der Waals surface area contributed by atoms with Gasteiger partial charge < -0.3 is 20.7 Å². The van der Waals surface area contributed by atoms with Gasteiger partial charge in [0.2, 0.25) is 11.8 Å². The number of amides is 2. The Bertz CT molecular complexity index is 612. The minimum Gasteiger partial charge on any atom is -0.496 e. The zero-order valence-corrected chi connectivity index (χ0v) is 17.1. The Labute approximate surface area is 168 Å². The Morgan fingerprint density at radius 1 is 1.33 bits per heavy atom. The fraction of sp³-hybridized carbons (Fsp3) is 0.600. The van der Waals surface area contributed by atoms with E-state index in [0.717, 1.165) is 24.8 Å². The van der Waals surface area contributed by atoms with Crippen molar-refractivity contribution in [3.8, 4) is 5.75 Å². The molecule has 1 aromatic carbocycles. The monoisotopic (exact) mass is 397 g/mol. The molecule has 0 saturated carbocycles. The van der Waals surface area contributed by atoms with E-state index in [1.807, 2.05) is 29.2 Å². The number of hydrogen-bond acceptors (Lipinski definition) is 4. The summed E-state index contributed by atoms with van der Waals surface area (Å²) in [5.74, 6) is 0.538. The lowest BCUT2D eigenvalue weighted by atomic mass is 9.83. The van der Waals surface area contributed by atoms with Crippen LogP contribution in [0.4, 0.5) is 0 Å². The number of carbonyl (C=O) groups is 2. The first kappa shape index (κ1) is 23.2. The summed E-state index contributed by atoms with van der Waals surface area (Å²) in [5, 5.41) is 2.98. The Hall–Kier alpha value is -1.79. The number of rotatable bonds is 9. The predicted molar refractivity (Wildman–Crippen MR) is 109 cm³/mol. The van der Waals surface area contributed by atoms with Gasteiger partial charge in [0, 0.05) is 25.1 Å². The van der Waals surface area contributed by atoms with Crippen LogP contribution < -0.4 is 15.8 Å². The van der Waals surface area contributed by atoms with Crippen molar-refractivity contribution in [2.24, 2.45) is 11.7 Å². The van der Waals surface area contributed by atoms with E-state index >= 15 is 0 Å². The molecule has 2 atom stereocenters. The summed E-state index contributed by atoms with van der Waals surface area (Å²) < 4.78 is 5.53. The number of nitrogens with two attached hydrogens (primary N) is 1. The first-order valence-corrected chi connectivity index (χ1v) is 9.54. The van der Waals surface area contributed by atoms with Gasteiger partial charge in [0.15, 0.2) is 0 Å². The molecule has 27 heavy (non-hydrogen) atoms. The number of nitrogens with one attached hydrogen (secondary N) is 1. The van der Waals surface area contributed by atoms with Gasteiger partial charge in [0.05, 0.1) is 19.1 Å². The second kappa shape index (κ2) is 11.8. The molecule has 0 aliphatic carbocycles. The third-order valence-electron chi connectivity index (χ3n) is 4.93. The summed E-state index contributed by atoms with van der Waals surface area (Å²) in [6.45, 7) is 3.86. The van der Waals surface area contributed by atoms with Gasteiger partial charge in [-0.25, -0.2) is 0 Å². The van der Waals surface area contributed by atoms with E-state index in [4.69, 9.17) is 10.5 Å². The molecule has 7 heteroatoms. The maximum Gasteiger partial charge on any atom is 0.225 e. The summed E-state index contributed by atoms with van der Waals surface area (Å²) in [6, 6.07) is 7.38. The van der Waals surface area contributed by atoms with Crippen LogP contribution in [-0.2, 0) is 9.59 Å². The number of piperidine rings is 1. The van der Waals surface area contributed by atoms with Crippen molar-refractivity contribution < 1.29 is 14.3 Å². The zero-order chi connectivity index (χ0) is 18.9. The van der Waals surface area contributed by atoms with Crippen LogP contribution in [0.5, 0.6) is 5.75 Å². The van der Waals surface area contributed by atoms with Crippen molar-refractivity contribution in [3.05, 3.63) is 29.8 Å². The lowest BCUT2D eigenvalue weighted by molar-refractivity contribution is -0.143. The molecule has 1 aliphatic heterocycles. The van der Waals surface area contributed by atoms with Gasteiger partial charge in [-0.3, -0.25) is 9.59 Å². The quantitative estimate of drug-likeness (QED) is 0.627. The summed E-state index contributed by atoms with van der Waals surface area (Å²) in [5.41, 5.74) is 6.42. The maximum absolute atomic E-state index is 12.9. The van der Waals surface area contributed by atoms with Crippen LogP contribution in [0.3, 0.4) is 0 Å². The van der Waals surface area contributed by atoms with Crippen molar-refractivity contribution in [2.45, 2.75) is 45.1 Å². The molecule has 6 nitrogen and oxygen atoms in total. The summed E-state index contributed by atoms with van der Waals surface area (Å²) in [7, 11) is 1.62. The normalized spacial score (nSPS) is 19.4. The van der Waals surface area contributed by atoms with Gasteiger partial charge in [-0.2, -0.15) is 0 Å². The van der Waals surface area contributed by atoms with Crippen LogP contribution in [0.1, 0.15) is 50.6 Å². The first-order chi connectivity index (χ1) is 12.6. The van der Waals surface area contributed by atoms with E-state index < -0.39 is 0 Å². The predicted octanol–water partition coefficient (Wildman–Crippen LogP) is 2.66. The maximum atomic E-state index is 12.9. The minimum atomic E-state index is -0.295. The highest BCUT2D eigenvalue weighted by Crippen LogP contribution is 2.40. The molecule has 1 fully saturated rings. The number of likely N-dealkylation sites (tertiary alicyclic amines) is 1. The van der Waals surface area contributed by atoms with Crippen LogP contribution in [0.25, 0.3) is 0 Å². The molecular weight excluding hydrogens is 366 g/mol. The fourth-order valence-electron chi connectivity index (χ4n) is 3.56. The van der Waals surface area contributed by atoms with Crippen LogP contribution >= 0.6 is 12.4 Å². The molecule has 0 radical (unpaired) electrons. The second-order valence-electron chi connectivity index (χ2n) is 6.71. The summed E-state index contributed by atoms with van der Waals surface area (Å²) >= 11 is 0. The molecule has 1 heterocycles. The van der Waals surface area contributed by atoms with E-state index in [1.54, 1.807) is 7.11 Å². The molecule has 0 aromatic heterocycles. The molecular formula is C20H32ClN3O3. The van der Waals surface area contributed by atoms with Gasteiger partial charge in [0.1, 0.15) is 5.75 Å². The average Bonchev–Trinajstić information content (AvgIpc) is 2.66. The van der Waals surface area contributed by atoms with Crippen LogP contribution in [-0.4, -0.2) is 43.5 Å². The highest BCUT2D eigenvalue weighted by molar-refractivity contribution is 5.85. The average molecular weight is 398 g/mol. The molecule has 1 saturated heterocycles. The van der Waals surface area contributed by atoms with Gasteiger partial charge in [-0.05, 0) is 31.9 Å². The molecule has 0 spiro atoms. The summed E-state index contributed by atoms with van der Waals surface area (Å²) in [4.78, 5) is 27.4. The second-order valence-corrected chi connectivity index (χ2v) is 6.71. The molecule has 2 unspecified atom stereocenters.